The Morgan fingerprint density at radius 1 is 1.14 bits per heavy atom. The van der Waals surface area contributed by atoms with E-state index in [1.165, 1.54) is 12.1 Å². The van der Waals surface area contributed by atoms with E-state index in [0.717, 1.165) is 36.6 Å². The molecule has 0 atom stereocenters. The zero-order chi connectivity index (χ0) is 26.2. The fourth-order valence-electron chi connectivity index (χ4n) is 4.57. The number of nitrogens with one attached hydrogen (secondary N) is 2. The van der Waals surface area contributed by atoms with Crippen LogP contribution in [0, 0.1) is 0 Å². The van der Waals surface area contributed by atoms with E-state index in [0.29, 0.717) is 29.0 Å². The molecule has 12 heteroatoms. The van der Waals surface area contributed by atoms with Gasteiger partial charge in [0.2, 0.25) is 5.95 Å². The minimum atomic E-state index is -3.91. The van der Waals surface area contributed by atoms with Crippen LogP contribution in [0.4, 0.5) is 11.8 Å². The van der Waals surface area contributed by atoms with Crippen molar-refractivity contribution in [2.45, 2.75) is 42.7 Å². The third kappa shape index (κ3) is 5.34. The molecule has 5 rings (SSSR count). The summed E-state index contributed by atoms with van der Waals surface area (Å²) < 4.78 is 35.5. The Morgan fingerprint density at radius 2 is 1.89 bits per heavy atom. The predicted molar refractivity (Wildman–Crippen MR) is 144 cm³/mol. The molecular formula is C25H28ClN7O3S. The number of sulfonamides is 1. The number of methoxy groups -OCH3 is 1. The van der Waals surface area contributed by atoms with Crippen molar-refractivity contribution < 1.29 is 13.2 Å². The van der Waals surface area contributed by atoms with Crippen LogP contribution in [-0.2, 0) is 17.1 Å². The van der Waals surface area contributed by atoms with Gasteiger partial charge < -0.3 is 15.8 Å². The normalized spacial score (nSPS) is 18.1. The molecule has 10 nitrogen and oxygen atoms in total. The molecule has 1 fully saturated rings. The Bertz CT molecular complexity index is 1550. The van der Waals surface area contributed by atoms with Crippen LogP contribution < -0.4 is 20.5 Å². The highest BCUT2D eigenvalue weighted by atomic mass is 35.5. The molecule has 0 amide bonds. The van der Waals surface area contributed by atoms with E-state index in [9.17, 15) is 8.42 Å². The van der Waals surface area contributed by atoms with Gasteiger partial charge >= 0.3 is 0 Å². The molecule has 0 bridgehead atoms. The molecule has 0 saturated heterocycles. The summed E-state index contributed by atoms with van der Waals surface area (Å²) in [6.07, 6.45) is 5.70. The summed E-state index contributed by atoms with van der Waals surface area (Å²) in [6, 6.07) is 12.2. The number of nitrogens with zero attached hydrogens (tertiary/aromatic N) is 4. The average Bonchev–Trinajstić information content (AvgIpc) is 3.24. The molecule has 1 saturated carbocycles. The molecule has 0 spiro atoms. The van der Waals surface area contributed by atoms with Gasteiger partial charge in [0.05, 0.1) is 17.8 Å². The van der Waals surface area contributed by atoms with Gasteiger partial charge in [-0.3, -0.25) is 9.40 Å². The van der Waals surface area contributed by atoms with Crippen molar-refractivity contribution in [1.29, 1.82) is 0 Å². The van der Waals surface area contributed by atoms with Crippen molar-refractivity contribution in [3.63, 3.8) is 0 Å². The lowest BCUT2D eigenvalue weighted by Gasteiger charge is -2.26. The van der Waals surface area contributed by atoms with Crippen LogP contribution in [0.2, 0.25) is 5.02 Å². The maximum absolute atomic E-state index is 12.9. The molecule has 37 heavy (non-hydrogen) atoms. The van der Waals surface area contributed by atoms with Crippen LogP contribution in [0.5, 0.6) is 5.75 Å². The van der Waals surface area contributed by atoms with E-state index < -0.39 is 10.0 Å². The van der Waals surface area contributed by atoms with Gasteiger partial charge in [0.25, 0.3) is 10.0 Å². The number of rotatable bonds is 7. The van der Waals surface area contributed by atoms with E-state index in [-0.39, 0.29) is 21.8 Å². The number of aromatic nitrogens is 4. The predicted octanol–water partition coefficient (Wildman–Crippen LogP) is 4.17. The molecule has 194 valence electrons. The maximum atomic E-state index is 12.9. The van der Waals surface area contributed by atoms with Crippen LogP contribution >= 0.6 is 11.6 Å². The number of benzene rings is 2. The van der Waals surface area contributed by atoms with Crippen molar-refractivity contribution in [2.75, 3.05) is 17.1 Å². The first-order valence-electron chi connectivity index (χ1n) is 11.9. The SMILES string of the molecule is COc1cc(-c2cc(NS(=O)(=O)c3ccccc3Cl)nn2C)cc2cnc(NC3CCC(N)CC3)nc12. The van der Waals surface area contributed by atoms with Crippen molar-refractivity contribution in [2.24, 2.45) is 12.8 Å². The van der Waals surface area contributed by atoms with Gasteiger partial charge in [0.1, 0.15) is 16.2 Å². The number of hydrogen-bond acceptors (Lipinski definition) is 8. The van der Waals surface area contributed by atoms with Crippen molar-refractivity contribution >= 4 is 44.3 Å². The number of halogens is 1. The highest BCUT2D eigenvalue weighted by molar-refractivity contribution is 7.92. The van der Waals surface area contributed by atoms with Crippen LogP contribution in [0.15, 0.2) is 53.6 Å². The Labute approximate surface area is 220 Å². The van der Waals surface area contributed by atoms with Crippen LogP contribution in [0.1, 0.15) is 25.7 Å². The fraction of sp³-hybridized carbons (Fsp3) is 0.320. The van der Waals surface area contributed by atoms with Crippen molar-refractivity contribution in [1.82, 2.24) is 19.7 Å². The van der Waals surface area contributed by atoms with E-state index >= 15 is 0 Å². The second-order valence-electron chi connectivity index (χ2n) is 9.14. The number of aryl methyl sites for hydroxylation is 1. The Balaban J connectivity index is 1.43. The lowest BCUT2D eigenvalue weighted by molar-refractivity contribution is 0.409. The smallest absolute Gasteiger partial charge is 0.264 e. The lowest BCUT2D eigenvalue weighted by atomic mass is 9.92. The van der Waals surface area contributed by atoms with Crippen molar-refractivity contribution in [3.05, 3.63) is 53.7 Å². The van der Waals surface area contributed by atoms with Gasteiger partial charge in [-0.15, -0.1) is 0 Å². The molecular weight excluding hydrogens is 514 g/mol. The first-order chi connectivity index (χ1) is 17.7. The lowest BCUT2D eigenvalue weighted by Crippen LogP contribution is -2.33. The first kappa shape index (κ1) is 25.2. The van der Waals surface area contributed by atoms with Gasteiger partial charge in [-0.2, -0.15) is 5.10 Å². The number of hydrogen-bond donors (Lipinski definition) is 3. The van der Waals surface area contributed by atoms with Gasteiger partial charge in [0.15, 0.2) is 5.82 Å². The monoisotopic (exact) mass is 541 g/mol. The molecule has 2 heterocycles. The van der Waals surface area contributed by atoms with E-state index in [1.54, 1.807) is 43.2 Å². The Morgan fingerprint density at radius 3 is 2.62 bits per heavy atom. The second-order valence-corrected chi connectivity index (χ2v) is 11.2. The zero-order valence-corrected chi connectivity index (χ0v) is 22.1. The fourth-order valence-corrected chi connectivity index (χ4v) is 6.08. The molecule has 2 aromatic heterocycles. The van der Waals surface area contributed by atoms with Gasteiger partial charge in [-0.05, 0) is 49.9 Å². The highest BCUT2D eigenvalue weighted by Gasteiger charge is 2.22. The molecule has 4 aromatic rings. The van der Waals surface area contributed by atoms with Gasteiger partial charge in [0, 0.05) is 42.3 Å². The maximum Gasteiger partial charge on any atom is 0.264 e. The number of nitrogens with two attached hydrogens (primary N) is 1. The molecule has 4 N–H and O–H groups in total. The summed E-state index contributed by atoms with van der Waals surface area (Å²) in [4.78, 5) is 9.20. The summed E-state index contributed by atoms with van der Waals surface area (Å²) in [5.74, 6) is 1.29. The van der Waals surface area contributed by atoms with Crippen LogP contribution in [0.3, 0.4) is 0 Å². The standard InChI is InChI=1S/C25H28ClN7O3S/c1-33-20(13-23(31-33)32-37(34,35)22-6-4-3-5-19(22)26)15-11-16-14-28-25(30-24(16)21(12-15)36-2)29-18-9-7-17(27)8-10-18/h3-6,11-14,17-18H,7-10,27H2,1-2H3,(H,31,32)(H,28,29,30). The van der Waals surface area contributed by atoms with E-state index in [1.807, 2.05) is 12.1 Å². The molecule has 1 aliphatic carbocycles. The van der Waals surface area contributed by atoms with E-state index in [2.05, 4.69) is 20.1 Å². The van der Waals surface area contributed by atoms with Gasteiger partial charge in [-0.1, -0.05) is 23.7 Å². The summed E-state index contributed by atoms with van der Waals surface area (Å²) in [5.41, 5.74) is 8.15. The highest BCUT2D eigenvalue weighted by Crippen LogP contribution is 2.33. The summed E-state index contributed by atoms with van der Waals surface area (Å²) in [7, 11) is -0.593. The molecule has 0 aliphatic heterocycles. The minimum Gasteiger partial charge on any atom is -0.494 e. The quantitative estimate of drug-likeness (QED) is 0.317. The largest absolute Gasteiger partial charge is 0.494 e. The Kier molecular flexibility index (Phi) is 6.93. The average molecular weight is 542 g/mol. The number of fused-ring (bicyclic) bond motifs is 1. The first-order valence-corrected chi connectivity index (χ1v) is 13.8. The van der Waals surface area contributed by atoms with Gasteiger partial charge in [-0.25, -0.2) is 18.4 Å². The molecule has 1 aliphatic rings. The van der Waals surface area contributed by atoms with Crippen LogP contribution in [0.25, 0.3) is 22.2 Å². The minimum absolute atomic E-state index is 0.0196. The van der Waals surface area contributed by atoms with Crippen LogP contribution in [-0.4, -0.2) is 47.4 Å². The molecule has 0 unspecified atom stereocenters. The molecule has 0 radical (unpaired) electrons. The summed E-state index contributed by atoms with van der Waals surface area (Å²) >= 11 is 6.09. The zero-order valence-electron chi connectivity index (χ0n) is 20.5. The second kappa shape index (κ2) is 10.2. The third-order valence-electron chi connectivity index (χ3n) is 6.51. The molecule has 2 aromatic carbocycles. The summed E-state index contributed by atoms with van der Waals surface area (Å²) in [5, 5.41) is 8.67. The Hall–Kier alpha value is -3.41. The van der Waals surface area contributed by atoms with E-state index in [4.69, 9.17) is 27.1 Å². The van der Waals surface area contributed by atoms with Crippen molar-refractivity contribution in [3.8, 4) is 17.0 Å². The number of anilines is 2. The topological polar surface area (TPSA) is 137 Å². The number of ether oxygens (including phenoxy) is 1. The third-order valence-corrected chi connectivity index (χ3v) is 8.37. The summed E-state index contributed by atoms with van der Waals surface area (Å²) in [6.45, 7) is 0.